The molecule has 0 bridgehead atoms. The van der Waals surface area contributed by atoms with E-state index in [1.165, 1.54) is 27.7 Å². The summed E-state index contributed by atoms with van der Waals surface area (Å²) < 4.78 is 41.8. The van der Waals surface area contributed by atoms with E-state index in [-0.39, 0.29) is 50.4 Å². The number of likely N-dealkylation sites (tertiary alicyclic amines) is 1. The van der Waals surface area contributed by atoms with Crippen LogP contribution in [-0.2, 0) is 65.5 Å². The van der Waals surface area contributed by atoms with Gasteiger partial charge in [0.25, 0.3) is 0 Å². The van der Waals surface area contributed by atoms with Gasteiger partial charge in [-0.25, -0.2) is 0 Å². The van der Waals surface area contributed by atoms with Gasteiger partial charge in [0.2, 0.25) is 0 Å². The van der Waals surface area contributed by atoms with Gasteiger partial charge >= 0.3 is 23.9 Å². The van der Waals surface area contributed by atoms with Crippen molar-refractivity contribution in [3.63, 3.8) is 0 Å². The predicted molar refractivity (Wildman–Crippen MR) is 227 cm³/mol. The van der Waals surface area contributed by atoms with Gasteiger partial charge in [-0.05, 0) is 41.6 Å². The number of nitrogens with zero attached hydrogens (tertiary/aromatic N) is 1. The monoisotopic (exact) mass is 876 g/mol. The van der Waals surface area contributed by atoms with Crippen molar-refractivity contribution in [2.45, 2.75) is 121 Å². The molecule has 3 aliphatic heterocycles. The Morgan fingerprint density at radius 2 is 1.32 bits per heavy atom. The minimum Gasteiger partial charge on any atom is -0.463 e. The number of ether oxygens (including phenoxy) is 7. The molecule has 3 N–H and O–H groups in total. The highest BCUT2D eigenvalue weighted by Gasteiger charge is 2.52. The molecule has 0 amide bonds. The molecule has 3 aromatic carbocycles. The highest BCUT2D eigenvalue weighted by molar-refractivity contribution is 7.80. The molecular formula is C46H56N2O13S. The van der Waals surface area contributed by atoms with Gasteiger partial charge in [0.15, 0.2) is 24.6 Å². The molecule has 16 heteroatoms. The van der Waals surface area contributed by atoms with Crippen LogP contribution < -0.4 is 5.32 Å². The summed E-state index contributed by atoms with van der Waals surface area (Å²) in [6.07, 6.45) is -5.28. The first-order valence-electron chi connectivity index (χ1n) is 20.9. The van der Waals surface area contributed by atoms with Crippen molar-refractivity contribution in [1.82, 2.24) is 10.2 Å². The molecule has 3 aromatic rings. The lowest BCUT2D eigenvalue weighted by Crippen LogP contribution is -2.62. The van der Waals surface area contributed by atoms with Crippen molar-refractivity contribution in [2.24, 2.45) is 0 Å². The second-order valence-electron chi connectivity index (χ2n) is 15.8. The van der Waals surface area contributed by atoms with E-state index in [0.29, 0.717) is 18.1 Å². The predicted octanol–water partition coefficient (Wildman–Crippen LogP) is 4.51. The molecule has 334 valence electrons. The molecule has 3 fully saturated rings. The second kappa shape index (κ2) is 22.0. The molecular weight excluding hydrogens is 821 g/mol. The number of carbonyl (C=O) groups is 4. The Bertz CT molecular complexity index is 1980. The first kappa shape index (κ1) is 46.7. The van der Waals surface area contributed by atoms with E-state index < -0.39 is 60.7 Å². The van der Waals surface area contributed by atoms with Crippen LogP contribution in [0.25, 0.3) is 0 Å². The number of aliphatic hydroxyl groups is 2. The van der Waals surface area contributed by atoms with Crippen LogP contribution in [0, 0.1) is 0 Å². The number of thiocarbonyl (C=S) groups is 1. The Hall–Kier alpha value is -4.81. The van der Waals surface area contributed by atoms with E-state index >= 15 is 0 Å². The third-order valence-electron chi connectivity index (χ3n) is 11.3. The van der Waals surface area contributed by atoms with Gasteiger partial charge in [0.05, 0.1) is 30.4 Å². The van der Waals surface area contributed by atoms with Crippen LogP contribution in [0.3, 0.4) is 0 Å². The number of hydrogen-bond donors (Lipinski definition) is 3. The molecule has 1 unspecified atom stereocenters. The Kier molecular flexibility index (Phi) is 16.6. The van der Waals surface area contributed by atoms with Crippen LogP contribution in [0.5, 0.6) is 0 Å². The highest BCUT2D eigenvalue weighted by atomic mass is 32.1. The van der Waals surface area contributed by atoms with Crippen LogP contribution in [0.4, 0.5) is 0 Å². The molecule has 0 aliphatic carbocycles. The van der Waals surface area contributed by atoms with Crippen molar-refractivity contribution in [1.29, 1.82) is 0 Å². The third-order valence-corrected chi connectivity index (χ3v) is 11.6. The maximum Gasteiger partial charge on any atom is 0.303 e. The molecule has 6 rings (SSSR count). The van der Waals surface area contributed by atoms with Crippen molar-refractivity contribution < 1.29 is 62.5 Å². The maximum atomic E-state index is 12.3. The molecule has 0 spiro atoms. The van der Waals surface area contributed by atoms with E-state index in [4.69, 9.17) is 45.4 Å². The minimum atomic E-state index is -1.28. The summed E-state index contributed by atoms with van der Waals surface area (Å²) in [6, 6.07) is 25.8. The Balaban J connectivity index is 1.19. The van der Waals surface area contributed by atoms with Gasteiger partial charge in [0.1, 0.15) is 18.8 Å². The Morgan fingerprint density at radius 1 is 0.710 bits per heavy atom. The number of nitrogens with one attached hydrogen (secondary N) is 1. The third kappa shape index (κ3) is 12.2. The molecule has 3 heterocycles. The van der Waals surface area contributed by atoms with Gasteiger partial charge in [-0.3, -0.25) is 24.1 Å². The number of aliphatic hydroxyl groups excluding tert-OH is 2. The van der Waals surface area contributed by atoms with E-state index in [0.717, 1.165) is 47.2 Å². The summed E-state index contributed by atoms with van der Waals surface area (Å²) >= 11 is 5.73. The smallest absolute Gasteiger partial charge is 0.303 e. The SMILES string of the molecule is CC(=O)OC[C@H]1O[C@@H](CC(=S)NCc2ccc(C3O[C@H](CN4CCC[C@H]4CO)[C@@H](c4ccccc4)[C@H](c4ccc(CO)cc4)O3)cc2)[C@H](OC(C)=O)[C@@H](OC(C)=O)[C@@H]1OC(C)=O. The fraction of sp³-hybridized carbons (Fsp3) is 0.500. The van der Waals surface area contributed by atoms with Gasteiger partial charge < -0.3 is 48.7 Å². The zero-order valence-electron chi connectivity index (χ0n) is 35.4. The molecule has 10 atom stereocenters. The van der Waals surface area contributed by atoms with Crippen molar-refractivity contribution in [2.75, 3.05) is 26.3 Å². The van der Waals surface area contributed by atoms with Crippen LogP contribution in [0.15, 0.2) is 78.9 Å². The number of esters is 4. The summed E-state index contributed by atoms with van der Waals surface area (Å²) in [5, 5.41) is 23.2. The number of rotatable bonds is 16. The second-order valence-corrected chi connectivity index (χ2v) is 16.3. The van der Waals surface area contributed by atoms with Gasteiger partial charge in [-0.2, -0.15) is 0 Å². The summed E-state index contributed by atoms with van der Waals surface area (Å²) in [4.78, 5) is 51.0. The van der Waals surface area contributed by atoms with Crippen molar-refractivity contribution in [3.05, 3.63) is 107 Å². The maximum absolute atomic E-state index is 12.3. The van der Waals surface area contributed by atoms with Crippen LogP contribution >= 0.6 is 12.2 Å². The molecule has 0 radical (unpaired) electrons. The van der Waals surface area contributed by atoms with E-state index in [9.17, 15) is 29.4 Å². The van der Waals surface area contributed by atoms with Gasteiger partial charge in [0, 0.05) is 64.7 Å². The molecule has 3 saturated heterocycles. The first-order valence-corrected chi connectivity index (χ1v) is 21.3. The van der Waals surface area contributed by atoms with Gasteiger partial charge in [-0.15, -0.1) is 0 Å². The standard InChI is InChI=1S/C46H56N2O13S/c1-27(51)55-26-39-44(57-29(3)53)45(58-30(4)54)43(56-28(2)52)37(59-39)21-40(62)47-22-31-12-18-35(19-13-31)46-60-38(23-48-20-8-11-36(48)25-50)41(33-9-6-5-7-10-33)42(61-46)34-16-14-32(24-49)15-17-34/h5-7,9-10,12-19,36-39,41-46,49-50H,8,11,20-26H2,1-4H3,(H,47,62)/t36-,37-,38+,39+,41+,42-,43-,44+,45+,46?/m0/s1. The minimum absolute atomic E-state index is 0.00897. The van der Waals surface area contributed by atoms with E-state index in [2.05, 4.69) is 22.3 Å². The molecule has 0 saturated carbocycles. The van der Waals surface area contributed by atoms with Gasteiger partial charge in [-0.1, -0.05) is 91.1 Å². The lowest BCUT2D eigenvalue weighted by molar-refractivity contribution is -0.264. The van der Waals surface area contributed by atoms with Crippen LogP contribution in [0.2, 0.25) is 0 Å². The molecule has 15 nitrogen and oxygen atoms in total. The summed E-state index contributed by atoms with van der Waals surface area (Å²) in [6.45, 7) is 6.20. The lowest BCUT2D eigenvalue weighted by Gasteiger charge is -2.44. The Labute approximate surface area is 366 Å². The van der Waals surface area contributed by atoms with E-state index in [1.807, 2.05) is 66.7 Å². The molecule has 62 heavy (non-hydrogen) atoms. The Morgan fingerprint density at radius 3 is 1.94 bits per heavy atom. The zero-order valence-corrected chi connectivity index (χ0v) is 36.2. The van der Waals surface area contributed by atoms with Crippen molar-refractivity contribution in [3.8, 4) is 0 Å². The normalized spacial score (nSPS) is 27.5. The quantitative estimate of drug-likeness (QED) is 0.104. The first-order chi connectivity index (χ1) is 29.8. The topological polar surface area (TPSA) is 189 Å². The average molecular weight is 877 g/mol. The highest BCUT2D eigenvalue weighted by Crippen LogP contribution is 2.47. The van der Waals surface area contributed by atoms with Crippen LogP contribution in [-0.4, -0.2) is 113 Å². The van der Waals surface area contributed by atoms with Crippen LogP contribution in [0.1, 0.15) is 93.1 Å². The average Bonchev–Trinajstić information content (AvgIpc) is 3.71. The summed E-state index contributed by atoms with van der Waals surface area (Å²) in [5.41, 5.74) is 4.52. The number of benzene rings is 3. The summed E-state index contributed by atoms with van der Waals surface area (Å²) in [7, 11) is 0. The molecule has 0 aromatic heterocycles. The molecule has 3 aliphatic rings. The van der Waals surface area contributed by atoms with E-state index in [1.54, 1.807) is 0 Å². The fourth-order valence-corrected chi connectivity index (χ4v) is 8.71. The summed E-state index contributed by atoms with van der Waals surface area (Å²) in [5.74, 6) is -2.89. The zero-order chi connectivity index (χ0) is 44.3. The lowest BCUT2D eigenvalue weighted by atomic mass is 9.83. The number of carbonyl (C=O) groups excluding carboxylic acids is 4. The van der Waals surface area contributed by atoms with Crippen molar-refractivity contribution >= 4 is 41.1 Å². The number of hydrogen-bond acceptors (Lipinski definition) is 15. The fourth-order valence-electron chi connectivity index (χ4n) is 8.47. The largest absolute Gasteiger partial charge is 0.463 e.